The Morgan fingerprint density at radius 1 is 1.35 bits per heavy atom. The fourth-order valence-corrected chi connectivity index (χ4v) is 2.91. The van der Waals surface area contributed by atoms with E-state index in [-0.39, 0.29) is 5.41 Å². The summed E-state index contributed by atoms with van der Waals surface area (Å²) in [6, 6.07) is 0.682. The average Bonchev–Trinajstić information content (AvgIpc) is 2.71. The standard InChI is InChI=1S/C14H26N2O/c1-14(2,3)7-4-13(17)16-9-6-12-11(10-16)5-8-15-12/h11-12,15H,4-10H2,1-3H3. The third kappa shape index (κ3) is 3.44. The molecule has 17 heavy (non-hydrogen) atoms. The lowest BCUT2D eigenvalue weighted by atomic mass is 9.89. The molecule has 3 heteroatoms. The number of likely N-dealkylation sites (tertiary alicyclic amines) is 1. The fourth-order valence-electron chi connectivity index (χ4n) is 2.91. The molecule has 0 saturated carbocycles. The zero-order chi connectivity index (χ0) is 12.5. The molecule has 2 aliphatic rings. The van der Waals surface area contributed by atoms with Gasteiger partial charge in [-0.3, -0.25) is 4.79 Å². The number of amides is 1. The Hall–Kier alpha value is -0.570. The van der Waals surface area contributed by atoms with E-state index < -0.39 is 0 Å². The lowest BCUT2D eigenvalue weighted by Crippen LogP contribution is -2.46. The Morgan fingerprint density at radius 2 is 2.12 bits per heavy atom. The van der Waals surface area contributed by atoms with Gasteiger partial charge in [-0.25, -0.2) is 0 Å². The first kappa shape index (κ1) is 12.9. The molecule has 2 saturated heterocycles. The molecule has 2 unspecified atom stereocenters. The van der Waals surface area contributed by atoms with Crippen molar-refractivity contribution in [3.63, 3.8) is 0 Å². The third-order valence-corrected chi connectivity index (χ3v) is 4.10. The van der Waals surface area contributed by atoms with Crippen molar-refractivity contribution in [3.05, 3.63) is 0 Å². The molecule has 0 aromatic rings. The highest BCUT2D eigenvalue weighted by molar-refractivity contribution is 5.76. The van der Waals surface area contributed by atoms with Gasteiger partial charge >= 0.3 is 0 Å². The first-order chi connectivity index (χ1) is 7.96. The van der Waals surface area contributed by atoms with E-state index in [1.807, 2.05) is 0 Å². The van der Waals surface area contributed by atoms with Crippen LogP contribution in [0.2, 0.25) is 0 Å². The number of rotatable bonds is 2. The summed E-state index contributed by atoms with van der Waals surface area (Å²) in [5.41, 5.74) is 0.267. The normalized spacial score (nSPS) is 29.2. The highest BCUT2D eigenvalue weighted by Crippen LogP contribution is 2.26. The van der Waals surface area contributed by atoms with Crippen LogP contribution in [-0.2, 0) is 4.79 Å². The third-order valence-electron chi connectivity index (χ3n) is 4.10. The Kier molecular flexibility index (Phi) is 3.76. The van der Waals surface area contributed by atoms with Gasteiger partial charge in [0.25, 0.3) is 0 Å². The minimum absolute atomic E-state index is 0.267. The predicted molar refractivity (Wildman–Crippen MR) is 69.8 cm³/mol. The van der Waals surface area contributed by atoms with Gasteiger partial charge in [-0.15, -0.1) is 0 Å². The molecule has 2 fully saturated rings. The van der Waals surface area contributed by atoms with Gasteiger partial charge in [0, 0.05) is 25.6 Å². The van der Waals surface area contributed by atoms with Gasteiger partial charge in [-0.2, -0.15) is 0 Å². The minimum atomic E-state index is 0.267. The summed E-state index contributed by atoms with van der Waals surface area (Å²) in [5, 5.41) is 3.54. The number of hydrogen-bond donors (Lipinski definition) is 1. The van der Waals surface area contributed by atoms with Crippen LogP contribution in [0.25, 0.3) is 0 Å². The summed E-state index contributed by atoms with van der Waals surface area (Å²) in [6.07, 6.45) is 4.10. The maximum atomic E-state index is 12.1. The van der Waals surface area contributed by atoms with Gasteiger partial charge in [0.1, 0.15) is 0 Å². The van der Waals surface area contributed by atoms with Crippen LogP contribution in [0.1, 0.15) is 46.5 Å². The zero-order valence-electron chi connectivity index (χ0n) is 11.5. The molecular weight excluding hydrogens is 212 g/mol. The summed E-state index contributed by atoms with van der Waals surface area (Å²) in [6.45, 7) is 9.69. The van der Waals surface area contributed by atoms with Crippen LogP contribution in [0.15, 0.2) is 0 Å². The van der Waals surface area contributed by atoms with Gasteiger partial charge in [0.15, 0.2) is 0 Å². The summed E-state index contributed by atoms with van der Waals surface area (Å²) >= 11 is 0. The van der Waals surface area contributed by atoms with Gasteiger partial charge in [-0.05, 0) is 37.1 Å². The predicted octanol–water partition coefficient (Wildman–Crippen LogP) is 2.02. The summed E-state index contributed by atoms with van der Waals surface area (Å²) in [5.74, 6) is 1.08. The van der Waals surface area contributed by atoms with E-state index >= 15 is 0 Å². The fraction of sp³-hybridized carbons (Fsp3) is 0.929. The van der Waals surface area contributed by atoms with Crippen molar-refractivity contribution < 1.29 is 4.79 Å². The number of fused-ring (bicyclic) bond motifs is 1. The largest absolute Gasteiger partial charge is 0.342 e. The minimum Gasteiger partial charge on any atom is -0.342 e. The Balaban J connectivity index is 1.80. The first-order valence-electron chi connectivity index (χ1n) is 6.97. The molecular formula is C14H26N2O. The average molecular weight is 238 g/mol. The van der Waals surface area contributed by atoms with E-state index in [4.69, 9.17) is 0 Å². The van der Waals surface area contributed by atoms with Crippen LogP contribution in [0, 0.1) is 11.3 Å². The topological polar surface area (TPSA) is 32.3 Å². The van der Waals surface area contributed by atoms with Gasteiger partial charge < -0.3 is 10.2 Å². The summed E-state index contributed by atoms with van der Waals surface area (Å²) in [4.78, 5) is 14.2. The molecule has 1 amide bonds. The Labute approximate surface area is 105 Å². The molecule has 1 N–H and O–H groups in total. The molecule has 0 radical (unpaired) electrons. The number of carbonyl (C=O) groups excluding carboxylic acids is 1. The second-order valence-corrected chi connectivity index (χ2v) is 6.80. The SMILES string of the molecule is CC(C)(C)CCC(=O)N1CCC2NCCC2C1. The number of nitrogens with zero attached hydrogens (tertiary/aromatic N) is 1. The van der Waals surface area contributed by atoms with Crippen LogP contribution in [0.4, 0.5) is 0 Å². The molecule has 3 nitrogen and oxygen atoms in total. The van der Waals surface area contributed by atoms with E-state index in [0.29, 0.717) is 24.3 Å². The maximum Gasteiger partial charge on any atom is 0.222 e. The molecule has 0 spiro atoms. The van der Waals surface area contributed by atoms with Crippen LogP contribution in [0.3, 0.4) is 0 Å². The van der Waals surface area contributed by atoms with Crippen LogP contribution in [-0.4, -0.2) is 36.5 Å². The van der Waals surface area contributed by atoms with E-state index in [9.17, 15) is 4.79 Å². The van der Waals surface area contributed by atoms with Gasteiger partial charge in [-0.1, -0.05) is 20.8 Å². The summed E-state index contributed by atoms with van der Waals surface area (Å²) < 4.78 is 0. The van der Waals surface area contributed by atoms with Crippen LogP contribution >= 0.6 is 0 Å². The maximum absolute atomic E-state index is 12.1. The van der Waals surface area contributed by atoms with Crippen LogP contribution in [0.5, 0.6) is 0 Å². The van der Waals surface area contributed by atoms with E-state index in [2.05, 4.69) is 31.0 Å². The van der Waals surface area contributed by atoms with Crippen molar-refractivity contribution in [2.24, 2.45) is 11.3 Å². The first-order valence-corrected chi connectivity index (χ1v) is 6.97. The number of piperidine rings is 1. The molecule has 0 aliphatic carbocycles. The molecule has 98 valence electrons. The number of hydrogen-bond acceptors (Lipinski definition) is 2. The molecule has 2 aliphatic heterocycles. The lowest BCUT2D eigenvalue weighted by molar-refractivity contribution is -0.133. The Bertz CT molecular complexity index is 282. The van der Waals surface area contributed by atoms with Crippen molar-refractivity contribution >= 4 is 5.91 Å². The van der Waals surface area contributed by atoms with Crippen molar-refractivity contribution in [3.8, 4) is 0 Å². The molecule has 2 heterocycles. The van der Waals surface area contributed by atoms with E-state index in [0.717, 1.165) is 32.5 Å². The number of carbonyl (C=O) groups is 1. The quantitative estimate of drug-likeness (QED) is 0.798. The summed E-state index contributed by atoms with van der Waals surface area (Å²) in [7, 11) is 0. The number of nitrogens with one attached hydrogen (secondary N) is 1. The molecule has 0 aromatic carbocycles. The molecule has 2 rings (SSSR count). The van der Waals surface area contributed by atoms with Crippen molar-refractivity contribution in [2.75, 3.05) is 19.6 Å². The van der Waals surface area contributed by atoms with Crippen molar-refractivity contribution in [1.82, 2.24) is 10.2 Å². The van der Waals surface area contributed by atoms with Gasteiger partial charge in [0.2, 0.25) is 5.91 Å². The van der Waals surface area contributed by atoms with Crippen molar-refractivity contribution in [2.45, 2.75) is 52.5 Å². The smallest absolute Gasteiger partial charge is 0.222 e. The second kappa shape index (κ2) is 4.97. The molecule has 0 aromatic heterocycles. The highest BCUT2D eigenvalue weighted by Gasteiger charge is 2.34. The lowest BCUT2D eigenvalue weighted by Gasteiger charge is -2.35. The monoisotopic (exact) mass is 238 g/mol. The zero-order valence-corrected chi connectivity index (χ0v) is 11.5. The van der Waals surface area contributed by atoms with Gasteiger partial charge in [0.05, 0.1) is 0 Å². The van der Waals surface area contributed by atoms with Crippen molar-refractivity contribution in [1.29, 1.82) is 0 Å². The van der Waals surface area contributed by atoms with E-state index in [1.165, 1.54) is 6.42 Å². The Morgan fingerprint density at radius 3 is 2.82 bits per heavy atom. The molecule has 0 bridgehead atoms. The van der Waals surface area contributed by atoms with E-state index in [1.54, 1.807) is 0 Å². The highest BCUT2D eigenvalue weighted by atomic mass is 16.2. The van der Waals surface area contributed by atoms with Crippen LogP contribution < -0.4 is 5.32 Å². The molecule has 2 atom stereocenters. The second-order valence-electron chi connectivity index (χ2n) is 6.80.